The number of hydrogen-bond acceptors (Lipinski definition) is 11. The smallest absolute Gasteiger partial charge is 0.446 e. The Balaban J connectivity index is 0.000000218. The molecule has 0 unspecified atom stereocenters. The summed E-state index contributed by atoms with van der Waals surface area (Å²) in [6.07, 6.45) is -6.45. The van der Waals surface area contributed by atoms with E-state index in [2.05, 4.69) is 52.2 Å². The first-order valence-corrected chi connectivity index (χ1v) is 29.6. The number of likely N-dealkylation sites (tertiary alicyclic amines) is 1. The standard InChI is InChI=1S/C30H42BF3N2O6.C26H35BF3NO4.C2HF3O.C2H6/c1-27(2,3)40-26(38)36-13-7-8-21(17-36)39-25(37)35-24(14-18-9-11-19(12-10-18)30(32,33)34)31-41-23-16-20-15-22(28(20,4)5)29(23,6)42-31;1-24(2)18-14-20(24)25(3)21(15-18)34-27(35-25)22(31-23(32)33-19-7-5-4-6-8-19)13-16-9-11-17(12-10-16)26(28,29)30;3-2(4,5)1-6;1-2/h9-12,20-24H,7-8,13-17H2,1-6H3,(H,35,37);9-12,18-22H,4-8,13-15H2,1-3H3,(H,31,32);1H;1-2H3/t20-,21-,22-,23+,24-,29-;18-,20-,21+,22-,25-;;/m00../s1/i;;;1D. The Hall–Kier alpha value is -4.74. The number of alkyl carbamates (subject to hydrolysis) is 2. The van der Waals surface area contributed by atoms with Crippen LogP contribution in [0.15, 0.2) is 48.5 Å². The van der Waals surface area contributed by atoms with Crippen LogP contribution in [0.5, 0.6) is 0 Å². The molecule has 2 aromatic rings. The molecule has 12 rings (SSSR count). The number of aldehydes is 1. The van der Waals surface area contributed by atoms with Crippen LogP contribution in [0.4, 0.5) is 53.9 Å². The van der Waals surface area contributed by atoms with E-state index in [1.807, 2.05) is 0 Å². The number of benzene rings is 2. The number of ether oxygens (including phenoxy) is 3. The second-order valence-electron chi connectivity index (χ2n) is 26.4. The molecule has 0 aromatic heterocycles. The highest BCUT2D eigenvalue weighted by Gasteiger charge is 2.70. The lowest BCUT2D eigenvalue weighted by Gasteiger charge is -2.64. The Labute approximate surface area is 495 Å². The molecule has 3 amide bonds. The number of carbonyl (C=O) groups is 4. The first kappa shape index (κ1) is 66.2. The summed E-state index contributed by atoms with van der Waals surface area (Å²) in [6, 6.07) is 9.93. The minimum Gasteiger partial charge on any atom is -0.446 e. The number of alkyl halides is 9. The summed E-state index contributed by atoms with van der Waals surface area (Å²) in [5, 5.41) is 5.83. The Morgan fingerprint density at radius 3 is 1.41 bits per heavy atom. The maximum absolute atomic E-state index is 13.2. The fourth-order valence-corrected chi connectivity index (χ4v) is 14.1. The van der Waals surface area contributed by atoms with Gasteiger partial charge in [0.15, 0.2) is 0 Å². The van der Waals surface area contributed by atoms with E-state index in [-0.39, 0.29) is 48.5 Å². The van der Waals surface area contributed by atoms with Gasteiger partial charge in [0.1, 0.15) is 17.8 Å². The molecule has 10 aliphatic rings. The fourth-order valence-electron chi connectivity index (χ4n) is 14.1. The van der Waals surface area contributed by atoms with Gasteiger partial charge in [-0.1, -0.05) is 72.2 Å². The Morgan fingerprint density at radius 1 is 0.659 bits per heavy atom. The van der Waals surface area contributed by atoms with Crippen molar-refractivity contribution in [3.8, 4) is 0 Å². The lowest BCUT2D eigenvalue weighted by Crippen LogP contribution is -2.65. The van der Waals surface area contributed by atoms with Gasteiger partial charge in [-0.3, -0.25) is 4.79 Å². The number of hydrogen-bond donors (Lipinski definition) is 2. The average Bonchev–Trinajstić information content (AvgIpc) is 1.35. The fraction of sp³-hybridized carbons (Fsp3) is 0.733. The molecule has 14 nitrogen and oxygen atoms in total. The molecular formula is C60H84B2F9N3O11. The molecule has 474 valence electrons. The van der Waals surface area contributed by atoms with Crippen molar-refractivity contribution < 1.29 is 92.9 Å². The lowest BCUT2D eigenvalue weighted by atomic mass is 9.43. The van der Waals surface area contributed by atoms with Crippen LogP contribution in [-0.2, 0) is 62.8 Å². The van der Waals surface area contributed by atoms with Gasteiger partial charge in [0.25, 0.3) is 0 Å². The maximum atomic E-state index is 13.2. The van der Waals surface area contributed by atoms with E-state index in [4.69, 9.17) is 39.0 Å². The molecule has 3 aliphatic heterocycles. The summed E-state index contributed by atoms with van der Waals surface area (Å²) in [5.74, 6) is 0.509. The number of halogens is 9. The van der Waals surface area contributed by atoms with Crippen LogP contribution < -0.4 is 10.6 Å². The summed E-state index contributed by atoms with van der Waals surface area (Å²) in [7, 11) is -1.49. The van der Waals surface area contributed by atoms with Crippen LogP contribution in [-0.4, -0.2) is 116 Å². The van der Waals surface area contributed by atoms with Crippen molar-refractivity contribution in [2.24, 2.45) is 34.5 Å². The highest BCUT2D eigenvalue weighted by Crippen LogP contribution is 2.67. The second kappa shape index (κ2) is 26.1. The highest BCUT2D eigenvalue weighted by molar-refractivity contribution is 6.48. The van der Waals surface area contributed by atoms with Gasteiger partial charge in [-0.15, -0.1) is 0 Å². The molecule has 2 aromatic carbocycles. The SMILES string of the molecule is CC(C)(C)OC(=O)N1CCC[C@H](OC(=O)N[C@@H](Cc2ccc(C(F)(F)F)cc2)B2O[C@@H]3C[C@@H]4C[C@@H](C4(C)C)[C@]3(C)O2)C1.CC1(C)[C@@H]2C[C@H]3OB([C@H](Cc4ccc(C(F)(F)F)cc4)NC(=O)OC4CCCCC4)O[C@@]3(C)[C@H]1C2.O=CC(F)(F)F.[2H]CC. The zero-order valence-corrected chi connectivity index (χ0v) is 50.3. The molecule has 0 radical (unpaired) electrons. The van der Waals surface area contributed by atoms with Crippen LogP contribution in [0.25, 0.3) is 0 Å². The maximum Gasteiger partial charge on any atom is 0.482 e. The van der Waals surface area contributed by atoms with Gasteiger partial charge in [0.05, 0.1) is 53.0 Å². The van der Waals surface area contributed by atoms with E-state index in [0.717, 1.165) is 82.1 Å². The predicted molar refractivity (Wildman–Crippen MR) is 298 cm³/mol. The quantitative estimate of drug-likeness (QED) is 0.101. The van der Waals surface area contributed by atoms with Gasteiger partial charge < -0.3 is 48.4 Å². The molecular weight excluding hydrogens is 1130 g/mol. The number of carbonyl (C=O) groups excluding carboxylic acids is 4. The van der Waals surface area contributed by atoms with Gasteiger partial charge >= 0.3 is 51.0 Å². The largest absolute Gasteiger partial charge is 0.482 e. The van der Waals surface area contributed by atoms with Crippen molar-refractivity contribution in [2.75, 3.05) is 13.1 Å². The topological polar surface area (TPSA) is 160 Å². The highest BCUT2D eigenvalue weighted by atomic mass is 19.4. The van der Waals surface area contributed by atoms with E-state index < -0.39 is 103 Å². The van der Waals surface area contributed by atoms with Crippen LogP contribution in [0, 0.1) is 34.5 Å². The molecule has 7 saturated carbocycles. The molecule has 2 N–H and O–H groups in total. The van der Waals surface area contributed by atoms with Gasteiger partial charge in [-0.2, -0.15) is 39.5 Å². The number of nitrogens with zero attached hydrogens (tertiary/aromatic N) is 1. The van der Waals surface area contributed by atoms with Gasteiger partial charge in [0.2, 0.25) is 6.29 Å². The van der Waals surface area contributed by atoms with Crippen LogP contribution in [0.3, 0.4) is 0 Å². The Kier molecular flexibility index (Phi) is 20.4. The molecule has 25 heteroatoms. The van der Waals surface area contributed by atoms with Crippen molar-refractivity contribution >= 4 is 38.8 Å². The van der Waals surface area contributed by atoms with Crippen molar-refractivity contribution in [1.82, 2.24) is 15.5 Å². The Bertz CT molecular complexity index is 2630. The first-order valence-electron chi connectivity index (χ1n) is 30.3. The van der Waals surface area contributed by atoms with Crippen molar-refractivity contribution in [2.45, 2.75) is 231 Å². The summed E-state index contributed by atoms with van der Waals surface area (Å²) >= 11 is 0. The van der Waals surface area contributed by atoms with E-state index >= 15 is 0 Å². The molecule has 11 atom stereocenters. The van der Waals surface area contributed by atoms with E-state index in [1.54, 1.807) is 27.7 Å². The molecule has 3 saturated heterocycles. The molecule has 10 fully saturated rings. The number of nitrogens with one attached hydrogen (secondary N) is 2. The van der Waals surface area contributed by atoms with Crippen molar-refractivity contribution in [3.05, 3.63) is 70.8 Å². The van der Waals surface area contributed by atoms with Crippen LogP contribution in [0.2, 0.25) is 0 Å². The number of amides is 3. The van der Waals surface area contributed by atoms with E-state index in [0.29, 0.717) is 61.1 Å². The monoisotopic (exact) mass is 1220 g/mol. The van der Waals surface area contributed by atoms with E-state index in [9.17, 15) is 53.9 Å². The van der Waals surface area contributed by atoms with Crippen molar-refractivity contribution in [3.63, 3.8) is 0 Å². The number of piperidine rings is 1. The third-order valence-electron chi connectivity index (χ3n) is 18.9. The zero-order valence-electron chi connectivity index (χ0n) is 51.3. The van der Waals surface area contributed by atoms with Gasteiger partial charge in [-0.25, -0.2) is 14.4 Å². The predicted octanol–water partition coefficient (Wildman–Crippen LogP) is 13.7. The zero-order chi connectivity index (χ0) is 63.6. The minimum absolute atomic E-state index is 0.0597. The van der Waals surface area contributed by atoms with Crippen molar-refractivity contribution in [1.29, 1.82) is 0 Å². The lowest BCUT2D eigenvalue weighted by molar-refractivity contribution is -0.199. The molecule has 85 heavy (non-hydrogen) atoms. The normalized spacial score (nSPS) is 29.9. The molecule has 3 heterocycles. The molecule has 7 aliphatic carbocycles. The summed E-state index contributed by atoms with van der Waals surface area (Å²) in [6.45, 7) is 21.6. The van der Waals surface area contributed by atoms with E-state index in [1.165, 1.54) is 29.2 Å². The minimum atomic E-state index is -4.64. The third kappa shape index (κ3) is 16.1. The molecule has 4 bridgehead atoms. The van der Waals surface area contributed by atoms with Crippen LogP contribution in [0.1, 0.15) is 170 Å². The molecule has 0 spiro atoms. The summed E-state index contributed by atoms with van der Waals surface area (Å²) in [5.41, 5.74) is -1.48. The van der Waals surface area contributed by atoms with Gasteiger partial charge in [0, 0.05) is 7.92 Å². The first-order chi connectivity index (χ1) is 39.9. The summed E-state index contributed by atoms with van der Waals surface area (Å²) in [4.78, 5) is 48.8. The average molecular weight is 1220 g/mol. The number of rotatable bonds is 10. The summed E-state index contributed by atoms with van der Waals surface area (Å²) < 4.78 is 159. The second-order valence-corrected chi connectivity index (χ2v) is 26.4. The third-order valence-corrected chi connectivity index (χ3v) is 18.9. The van der Waals surface area contributed by atoms with Gasteiger partial charge in [-0.05, 0) is 182 Å². The Morgan fingerprint density at radius 2 is 1.05 bits per heavy atom. The van der Waals surface area contributed by atoms with Crippen LogP contribution >= 0.6 is 0 Å².